The molecule has 0 spiro atoms. The molecular weight excluding hydrogens is 628 g/mol. The van der Waals surface area contributed by atoms with Crippen LogP contribution >= 0.6 is 27.5 Å². The zero-order chi connectivity index (χ0) is 29.8. The molecule has 0 aliphatic heterocycles. The van der Waals surface area contributed by atoms with Gasteiger partial charge in [0.1, 0.15) is 17.2 Å². The van der Waals surface area contributed by atoms with Crippen LogP contribution in [-0.2, 0) is 0 Å². The molecule has 0 bridgehead atoms. The number of benzene rings is 4. The van der Waals surface area contributed by atoms with Crippen molar-refractivity contribution in [1.82, 2.24) is 10.4 Å². The maximum atomic E-state index is 13.4. The van der Waals surface area contributed by atoms with E-state index >= 15 is 0 Å². The van der Waals surface area contributed by atoms with Crippen molar-refractivity contribution >= 4 is 62.2 Å². The van der Waals surface area contributed by atoms with E-state index < -0.39 is 16.8 Å². The van der Waals surface area contributed by atoms with Gasteiger partial charge in [0.25, 0.3) is 11.6 Å². The smallest absolute Gasteiger partial charge is 0.343 e. The van der Waals surface area contributed by atoms with Crippen LogP contribution in [0, 0.1) is 10.1 Å². The van der Waals surface area contributed by atoms with Crippen LogP contribution in [0.5, 0.6) is 11.5 Å². The van der Waals surface area contributed by atoms with Crippen LogP contribution in [0.4, 0.5) is 5.69 Å². The Kier molecular flexibility index (Phi) is 8.32. The summed E-state index contributed by atoms with van der Waals surface area (Å²) in [5.74, 6) is -0.551. The van der Waals surface area contributed by atoms with Crippen LogP contribution in [-0.4, -0.2) is 35.1 Å². The summed E-state index contributed by atoms with van der Waals surface area (Å²) in [6, 6.07) is 22.6. The Morgan fingerprint density at radius 2 is 1.79 bits per heavy atom. The lowest BCUT2D eigenvalue weighted by molar-refractivity contribution is -0.384. The van der Waals surface area contributed by atoms with Crippen molar-refractivity contribution in [3.05, 3.63) is 121 Å². The normalized spacial score (nSPS) is 11.0. The number of hydrogen-bond donors (Lipinski definition) is 2. The van der Waals surface area contributed by atoms with Gasteiger partial charge in [0.05, 0.1) is 29.3 Å². The Balaban J connectivity index is 1.42. The number of para-hydroxylation sites is 1. The van der Waals surface area contributed by atoms with E-state index in [4.69, 9.17) is 21.1 Å². The SMILES string of the molecule is COc1cccc2c(-c3ccccc3Cl)c(C(=O)NN=Cc3cc(Br)ccc3OC(=O)c3ccc([N+](=O)[O-])cc3)[nH]c12. The fourth-order valence-electron chi connectivity index (χ4n) is 4.28. The molecule has 5 aromatic rings. The van der Waals surface area contributed by atoms with Crippen molar-refractivity contribution in [3.63, 3.8) is 0 Å². The van der Waals surface area contributed by atoms with Crippen LogP contribution in [0.25, 0.3) is 22.0 Å². The Morgan fingerprint density at radius 1 is 1.02 bits per heavy atom. The standard InChI is InChI=1S/C30H20BrClN4O6/c1-41-25-8-4-6-22-26(21-5-2-3-7-23(21)32)28(34-27(22)25)29(37)35-33-16-18-15-19(31)11-14-24(18)42-30(38)17-9-12-20(13-10-17)36(39)40/h2-16,34H,1H3,(H,35,37). The second kappa shape index (κ2) is 12.2. The number of carbonyl (C=O) groups is 2. The van der Waals surface area contributed by atoms with Gasteiger partial charge in [-0.2, -0.15) is 5.10 Å². The molecule has 10 nitrogen and oxygen atoms in total. The molecule has 1 amide bonds. The highest BCUT2D eigenvalue weighted by atomic mass is 79.9. The van der Waals surface area contributed by atoms with Crippen molar-refractivity contribution in [2.75, 3.05) is 7.11 Å². The third kappa shape index (κ3) is 5.87. The minimum atomic E-state index is -0.720. The Hall–Kier alpha value is -5.00. The first-order chi connectivity index (χ1) is 20.3. The van der Waals surface area contributed by atoms with Gasteiger partial charge in [-0.15, -0.1) is 0 Å². The minimum absolute atomic E-state index is 0.126. The average molecular weight is 648 g/mol. The fourth-order valence-corrected chi connectivity index (χ4v) is 4.89. The molecule has 210 valence electrons. The number of nitrogens with one attached hydrogen (secondary N) is 2. The molecule has 1 heterocycles. The number of nitro groups is 1. The van der Waals surface area contributed by atoms with E-state index in [-0.39, 0.29) is 22.7 Å². The molecule has 1 aromatic heterocycles. The lowest BCUT2D eigenvalue weighted by Crippen LogP contribution is -2.19. The number of aromatic amines is 1. The second-order valence-corrected chi connectivity index (χ2v) is 10.1. The van der Waals surface area contributed by atoms with Crippen molar-refractivity contribution in [3.8, 4) is 22.6 Å². The van der Waals surface area contributed by atoms with Gasteiger partial charge in [0.15, 0.2) is 0 Å². The number of hydrogen-bond acceptors (Lipinski definition) is 7. The van der Waals surface area contributed by atoms with Crippen LogP contribution < -0.4 is 14.9 Å². The highest BCUT2D eigenvalue weighted by molar-refractivity contribution is 9.10. The number of methoxy groups -OCH3 is 1. The maximum absolute atomic E-state index is 13.4. The number of amides is 1. The van der Waals surface area contributed by atoms with Gasteiger partial charge in [0, 0.05) is 43.7 Å². The van der Waals surface area contributed by atoms with Gasteiger partial charge in [0.2, 0.25) is 0 Å². The lowest BCUT2D eigenvalue weighted by atomic mass is 10.0. The monoisotopic (exact) mass is 646 g/mol. The maximum Gasteiger partial charge on any atom is 0.343 e. The summed E-state index contributed by atoms with van der Waals surface area (Å²) in [7, 11) is 1.54. The summed E-state index contributed by atoms with van der Waals surface area (Å²) >= 11 is 9.89. The number of rotatable bonds is 8. The number of non-ortho nitro benzene ring substituents is 1. The molecule has 0 aliphatic carbocycles. The molecule has 0 unspecified atom stereocenters. The molecule has 0 saturated carbocycles. The highest BCUT2D eigenvalue weighted by Gasteiger charge is 2.22. The number of fused-ring (bicyclic) bond motifs is 1. The number of ether oxygens (including phenoxy) is 2. The van der Waals surface area contributed by atoms with Gasteiger partial charge in [-0.1, -0.05) is 57.9 Å². The number of carbonyl (C=O) groups excluding carboxylic acids is 2. The summed E-state index contributed by atoms with van der Waals surface area (Å²) in [6.45, 7) is 0. The van der Waals surface area contributed by atoms with E-state index in [1.807, 2.05) is 24.3 Å². The van der Waals surface area contributed by atoms with Gasteiger partial charge in [-0.05, 0) is 42.5 Å². The molecule has 0 fully saturated rings. The summed E-state index contributed by atoms with van der Waals surface area (Å²) in [4.78, 5) is 39.6. The number of hydrazone groups is 1. The van der Waals surface area contributed by atoms with E-state index in [0.29, 0.717) is 37.5 Å². The average Bonchev–Trinajstić information content (AvgIpc) is 3.38. The lowest BCUT2D eigenvalue weighted by Gasteiger charge is -2.08. The molecule has 0 aliphatic rings. The topological polar surface area (TPSA) is 136 Å². The number of aromatic nitrogens is 1. The van der Waals surface area contributed by atoms with E-state index in [0.717, 1.165) is 5.39 Å². The predicted octanol–water partition coefficient (Wildman–Crippen LogP) is 7.15. The van der Waals surface area contributed by atoms with Crippen LogP contribution in [0.2, 0.25) is 5.02 Å². The summed E-state index contributed by atoms with van der Waals surface area (Å²) in [6.07, 6.45) is 1.33. The molecule has 4 aromatic carbocycles. The zero-order valence-corrected chi connectivity index (χ0v) is 24.1. The summed E-state index contributed by atoms with van der Waals surface area (Å²) in [5.41, 5.74) is 4.96. The first kappa shape index (κ1) is 28.5. The first-order valence-electron chi connectivity index (χ1n) is 12.3. The third-order valence-electron chi connectivity index (χ3n) is 6.24. The first-order valence-corrected chi connectivity index (χ1v) is 13.5. The molecule has 42 heavy (non-hydrogen) atoms. The minimum Gasteiger partial charge on any atom is -0.495 e. The van der Waals surface area contributed by atoms with E-state index in [1.165, 1.54) is 30.5 Å². The summed E-state index contributed by atoms with van der Waals surface area (Å²) < 4.78 is 11.7. The van der Waals surface area contributed by atoms with E-state index in [1.54, 1.807) is 43.5 Å². The molecule has 0 radical (unpaired) electrons. The van der Waals surface area contributed by atoms with Gasteiger partial charge in [-0.3, -0.25) is 14.9 Å². The van der Waals surface area contributed by atoms with Crippen LogP contribution in [0.15, 0.2) is 94.5 Å². The van der Waals surface area contributed by atoms with Crippen molar-refractivity contribution in [1.29, 1.82) is 0 Å². The molecular formula is C30H20BrClN4O6. The largest absolute Gasteiger partial charge is 0.495 e. The third-order valence-corrected chi connectivity index (χ3v) is 7.07. The molecule has 2 N–H and O–H groups in total. The number of halogens is 2. The predicted molar refractivity (Wildman–Crippen MR) is 163 cm³/mol. The molecule has 5 rings (SSSR count). The Bertz CT molecular complexity index is 1870. The van der Waals surface area contributed by atoms with Gasteiger partial charge >= 0.3 is 5.97 Å². The van der Waals surface area contributed by atoms with Crippen molar-refractivity contribution in [2.45, 2.75) is 0 Å². The Morgan fingerprint density at radius 3 is 2.50 bits per heavy atom. The molecule has 0 atom stereocenters. The van der Waals surface area contributed by atoms with Gasteiger partial charge < -0.3 is 14.5 Å². The fraction of sp³-hybridized carbons (Fsp3) is 0.0333. The Labute approximate surface area is 252 Å². The second-order valence-electron chi connectivity index (χ2n) is 8.81. The molecule has 0 saturated heterocycles. The van der Waals surface area contributed by atoms with Crippen LogP contribution in [0.3, 0.4) is 0 Å². The van der Waals surface area contributed by atoms with Gasteiger partial charge in [-0.25, -0.2) is 10.2 Å². The van der Waals surface area contributed by atoms with Crippen molar-refractivity contribution < 1.29 is 24.0 Å². The highest BCUT2D eigenvalue weighted by Crippen LogP contribution is 2.39. The number of esters is 1. The quantitative estimate of drug-likeness (QED) is 0.0604. The number of H-pyrrole nitrogens is 1. The van der Waals surface area contributed by atoms with Crippen LogP contribution in [0.1, 0.15) is 26.4 Å². The van der Waals surface area contributed by atoms with Crippen molar-refractivity contribution in [2.24, 2.45) is 5.10 Å². The summed E-state index contributed by atoms with van der Waals surface area (Å²) in [5, 5.41) is 16.2. The molecule has 12 heteroatoms. The number of nitrogens with zero attached hydrogens (tertiary/aromatic N) is 2. The van der Waals surface area contributed by atoms with E-state index in [2.05, 4.69) is 31.4 Å². The van der Waals surface area contributed by atoms with E-state index in [9.17, 15) is 19.7 Å². The number of nitro benzene ring substituents is 1. The zero-order valence-electron chi connectivity index (χ0n) is 21.8.